The number of methoxy groups -OCH3 is 1. The monoisotopic (exact) mass is 176 g/mol. The highest BCUT2D eigenvalue weighted by Gasteiger charge is 2.11. The number of anilines is 1. The van der Waals surface area contributed by atoms with E-state index in [1.165, 1.54) is 31.6 Å². The summed E-state index contributed by atoms with van der Waals surface area (Å²) in [6, 6.07) is 9.17. The van der Waals surface area contributed by atoms with Gasteiger partial charge in [0.15, 0.2) is 0 Å². The lowest BCUT2D eigenvalue weighted by molar-refractivity contribution is 0.414. The molecule has 0 unspecified atom stereocenters. The lowest BCUT2D eigenvalue weighted by Gasteiger charge is -2.17. The maximum atomic E-state index is 5.06. The molecule has 69 valence electrons. The van der Waals surface area contributed by atoms with Crippen LogP contribution in [-0.4, -0.2) is 20.2 Å². The van der Waals surface area contributed by atoms with E-state index in [2.05, 4.69) is 17.0 Å². The molecule has 1 heterocycles. The second-order valence-electron chi connectivity index (χ2n) is 3.31. The van der Waals surface area contributed by atoms with E-state index < -0.39 is 0 Å². The van der Waals surface area contributed by atoms with Crippen molar-refractivity contribution in [2.75, 3.05) is 25.1 Å². The molecule has 2 heteroatoms. The average molecular weight is 176 g/mol. The van der Waals surface area contributed by atoms with Gasteiger partial charge in [-0.1, -0.05) is 0 Å². The minimum Gasteiger partial charge on any atom is -0.496 e. The van der Waals surface area contributed by atoms with Crippen molar-refractivity contribution in [2.45, 2.75) is 12.8 Å². The van der Waals surface area contributed by atoms with Crippen molar-refractivity contribution in [3.8, 4) is 5.75 Å². The van der Waals surface area contributed by atoms with E-state index in [1.807, 2.05) is 12.1 Å². The van der Waals surface area contributed by atoms with Gasteiger partial charge in [-0.2, -0.15) is 0 Å². The molecular weight excluding hydrogens is 162 g/mol. The number of nitrogens with zero attached hydrogens (tertiary/aromatic N) is 1. The lowest BCUT2D eigenvalue weighted by atomic mass is 10.3. The van der Waals surface area contributed by atoms with Crippen molar-refractivity contribution in [2.24, 2.45) is 0 Å². The molecule has 1 radical (unpaired) electrons. The van der Waals surface area contributed by atoms with Crippen LogP contribution in [0.25, 0.3) is 0 Å². The third-order valence-corrected chi connectivity index (χ3v) is 2.46. The highest BCUT2D eigenvalue weighted by Crippen LogP contribution is 2.22. The molecule has 2 rings (SSSR count). The van der Waals surface area contributed by atoms with Gasteiger partial charge in [-0.3, -0.25) is 0 Å². The van der Waals surface area contributed by atoms with Gasteiger partial charge in [0.2, 0.25) is 0 Å². The summed E-state index contributed by atoms with van der Waals surface area (Å²) in [5.41, 5.74) is 1.26. The van der Waals surface area contributed by atoms with Crippen molar-refractivity contribution >= 4 is 5.69 Å². The van der Waals surface area contributed by atoms with Crippen LogP contribution in [0.3, 0.4) is 0 Å². The van der Waals surface area contributed by atoms with Crippen molar-refractivity contribution in [3.05, 3.63) is 24.3 Å². The van der Waals surface area contributed by atoms with Gasteiger partial charge in [0, 0.05) is 24.8 Å². The highest BCUT2D eigenvalue weighted by atomic mass is 16.5. The van der Waals surface area contributed by atoms with E-state index in [-0.39, 0.29) is 0 Å². The topological polar surface area (TPSA) is 12.5 Å². The van der Waals surface area contributed by atoms with E-state index >= 15 is 0 Å². The van der Waals surface area contributed by atoms with Crippen LogP contribution in [0, 0.1) is 6.07 Å². The molecular formula is C11H14NO. The molecule has 1 aliphatic heterocycles. The SMILES string of the molecule is COc1[c]cc(N2CCCC2)cc1. The van der Waals surface area contributed by atoms with Crippen LogP contribution in [0.2, 0.25) is 0 Å². The van der Waals surface area contributed by atoms with Crippen LogP contribution >= 0.6 is 0 Å². The standard InChI is InChI=1S/C11H14NO/c1-13-11-6-4-10(5-7-11)12-8-2-3-9-12/h4-6H,2-3,8-9H2,1H3. The Morgan fingerprint density at radius 1 is 1.31 bits per heavy atom. The zero-order valence-corrected chi connectivity index (χ0v) is 7.92. The van der Waals surface area contributed by atoms with Gasteiger partial charge >= 0.3 is 0 Å². The first kappa shape index (κ1) is 8.42. The summed E-state index contributed by atoms with van der Waals surface area (Å²) < 4.78 is 5.06. The maximum absolute atomic E-state index is 5.06. The average Bonchev–Trinajstić information content (AvgIpc) is 2.71. The first-order chi connectivity index (χ1) is 6.40. The second kappa shape index (κ2) is 3.69. The molecule has 0 atom stereocenters. The van der Waals surface area contributed by atoms with E-state index in [4.69, 9.17) is 4.74 Å². The van der Waals surface area contributed by atoms with Crippen LogP contribution < -0.4 is 9.64 Å². The molecule has 1 aromatic carbocycles. The summed E-state index contributed by atoms with van der Waals surface area (Å²) in [5.74, 6) is 0.808. The minimum absolute atomic E-state index is 0.808. The molecule has 13 heavy (non-hydrogen) atoms. The maximum Gasteiger partial charge on any atom is 0.126 e. The lowest BCUT2D eigenvalue weighted by Crippen LogP contribution is -2.17. The number of hydrogen-bond acceptors (Lipinski definition) is 2. The zero-order chi connectivity index (χ0) is 9.10. The molecule has 0 bridgehead atoms. The van der Waals surface area contributed by atoms with Crippen LogP contribution in [0.15, 0.2) is 18.2 Å². The van der Waals surface area contributed by atoms with Gasteiger partial charge in [-0.25, -0.2) is 0 Å². The predicted molar refractivity (Wildman–Crippen MR) is 53.3 cm³/mol. The van der Waals surface area contributed by atoms with Crippen molar-refractivity contribution in [3.63, 3.8) is 0 Å². The number of rotatable bonds is 2. The fourth-order valence-electron chi connectivity index (χ4n) is 1.70. The summed E-state index contributed by atoms with van der Waals surface area (Å²) >= 11 is 0. The number of benzene rings is 1. The molecule has 0 saturated carbocycles. The molecule has 1 fully saturated rings. The quantitative estimate of drug-likeness (QED) is 0.684. The van der Waals surface area contributed by atoms with Crippen LogP contribution in [0.5, 0.6) is 5.75 Å². The third-order valence-electron chi connectivity index (χ3n) is 2.46. The molecule has 1 saturated heterocycles. The van der Waals surface area contributed by atoms with Crippen molar-refractivity contribution in [1.29, 1.82) is 0 Å². The molecule has 2 nitrogen and oxygen atoms in total. The molecule has 0 aliphatic carbocycles. The fourth-order valence-corrected chi connectivity index (χ4v) is 1.70. The molecule has 0 spiro atoms. The second-order valence-corrected chi connectivity index (χ2v) is 3.31. The molecule has 0 N–H and O–H groups in total. The zero-order valence-electron chi connectivity index (χ0n) is 7.92. The molecule has 0 aromatic heterocycles. The highest BCUT2D eigenvalue weighted by molar-refractivity contribution is 5.49. The van der Waals surface area contributed by atoms with E-state index in [1.54, 1.807) is 7.11 Å². The van der Waals surface area contributed by atoms with Crippen LogP contribution in [0.4, 0.5) is 5.69 Å². The Bertz CT molecular complexity index is 262. The van der Waals surface area contributed by atoms with E-state index in [0.29, 0.717) is 0 Å². The summed E-state index contributed by atoms with van der Waals surface area (Å²) in [6.07, 6.45) is 2.62. The van der Waals surface area contributed by atoms with Gasteiger partial charge in [0.25, 0.3) is 0 Å². The predicted octanol–water partition coefficient (Wildman–Crippen LogP) is 2.10. The number of ether oxygens (including phenoxy) is 1. The first-order valence-corrected chi connectivity index (χ1v) is 4.71. The molecule has 0 amide bonds. The Morgan fingerprint density at radius 2 is 2.08 bits per heavy atom. The van der Waals surface area contributed by atoms with Gasteiger partial charge in [-0.15, -0.1) is 0 Å². The fraction of sp³-hybridized carbons (Fsp3) is 0.455. The van der Waals surface area contributed by atoms with Crippen molar-refractivity contribution in [1.82, 2.24) is 0 Å². The van der Waals surface area contributed by atoms with Crippen molar-refractivity contribution < 1.29 is 4.74 Å². The Morgan fingerprint density at radius 3 is 2.62 bits per heavy atom. The first-order valence-electron chi connectivity index (χ1n) is 4.71. The number of hydrogen-bond donors (Lipinski definition) is 0. The Hall–Kier alpha value is -1.18. The van der Waals surface area contributed by atoms with E-state index in [9.17, 15) is 0 Å². The van der Waals surface area contributed by atoms with Gasteiger partial charge in [0.05, 0.1) is 7.11 Å². The minimum atomic E-state index is 0.808. The largest absolute Gasteiger partial charge is 0.496 e. The van der Waals surface area contributed by atoms with Gasteiger partial charge in [-0.05, 0) is 31.0 Å². The summed E-state index contributed by atoms with van der Waals surface area (Å²) in [5, 5.41) is 0. The van der Waals surface area contributed by atoms with Crippen LogP contribution in [0.1, 0.15) is 12.8 Å². The van der Waals surface area contributed by atoms with Crippen LogP contribution in [-0.2, 0) is 0 Å². The summed E-state index contributed by atoms with van der Waals surface area (Å²) in [4.78, 5) is 2.38. The Balaban J connectivity index is 2.12. The van der Waals surface area contributed by atoms with Gasteiger partial charge in [0.1, 0.15) is 5.75 Å². The normalized spacial score (nSPS) is 16.2. The summed E-state index contributed by atoms with van der Waals surface area (Å²) in [7, 11) is 1.67. The van der Waals surface area contributed by atoms with Gasteiger partial charge < -0.3 is 9.64 Å². The Labute approximate surface area is 79.1 Å². The Kier molecular flexibility index (Phi) is 2.39. The van der Waals surface area contributed by atoms with E-state index in [0.717, 1.165) is 5.75 Å². The summed E-state index contributed by atoms with van der Waals surface area (Å²) in [6.45, 7) is 2.36. The third kappa shape index (κ3) is 1.77. The molecule has 1 aromatic rings. The molecule has 1 aliphatic rings. The smallest absolute Gasteiger partial charge is 0.126 e.